The van der Waals surface area contributed by atoms with Gasteiger partial charge in [0, 0.05) is 39.4 Å². The van der Waals surface area contributed by atoms with Crippen LogP contribution < -0.4 is 0 Å². The molecular formula is C13H18N4O4S3. The maximum absolute atomic E-state index is 12.6. The van der Waals surface area contributed by atoms with Crippen LogP contribution in [0.15, 0.2) is 39.0 Å². The molecule has 1 aliphatic heterocycles. The quantitative estimate of drug-likeness (QED) is 0.761. The maximum Gasteiger partial charge on any atom is 0.252 e. The summed E-state index contributed by atoms with van der Waals surface area (Å²) in [5, 5.41) is 5.61. The van der Waals surface area contributed by atoms with Crippen molar-refractivity contribution in [3.05, 3.63) is 29.9 Å². The number of rotatable bonds is 4. The highest BCUT2D eigenvalue weighted by molar-refractivity contribution is 7.91. The molecule has 2 aromatic heterocycles. The van der Waals surface area contributed by atoms with Crippen LogP contribution in [0.4, 0.5) is 0 Å². The van der Waals surface area contributed by atoms with Crippen molar-refractivity contribution >= 4 is 31.4 Å². The van der Waals surface area contributed by atoms with E-state index in [4.69, 9.17) is 0 Å². The molecule has 3 heterocycles. The first-order valence-corrected chi connectivity index (χ1v) is 11.1. The van der Waals surface area contributed by atoms with Gasteiger partial charge in [0.05, 0.1) is 6.20 Å². The van der Waals surface area contributed by atoms with Crippen molar-refractivity contribution in [2.24, 2.45) is 7.05 Å². The van der Waals surface area contributed by atoms with Crippen LogP contribution in [0.1, 0.15) is 6.42 Å². The number of aromatic nitrogens is 2. The van der Waals surface area contributed by atoms with Gasteiger partial charge in [-0.3, -0.25) is 4.68 Å². The molecule has 1 saturated heterocycles. The predicted octanol–water partition coefficient (Wildman–Crippen LogP) is 0.567. The summed E-state index contributed by atoms with van der Waals surface area (Å²) in [6.07, 6.45) is 3.20. The fourth-order valence-corrected chi connectivity index (χ4v) is 6.64. The second kappa shape index (κ2) is 6.56. The van der Waals surface area contributed by atoms with E-state index in [1.54, 1.807) is 24.6 Å². The third kappa shape index (κ3) is 3.26. The molecule has 0 unspecified atom stereocenters. The third-order valence-electron chi connectivity index (χ3n) is 3.82. The third-order valence-corrected chi connectivity index (χ3v) is 8.95. The van der Waals surface area contributed by atoms with Crippen molar-refractivity contribution in [3.63, 3.8) is 0 Å². The van der Waals surface area contributed by atoms with Gasteiger partial charge in [0.2, 0.25) is 10.0 Å². The number of hydrogen-bond acceptors (Lipinski definition) is 6. The summed E-state index contributed by atoms with van der Waals surface area (Å²) in [4.78, 5) is 0.125. The molecule has 0 saturated carbocycles. The van der Waals surface area contributed by atoms with Crippen LogP contribution in [0.5, 0.6) is 0 Å². The molecular weight excluding hydrogens is 372 g/mol. The van der Waals surface area contributed by atoms with Gasteiger partial charge in [0.1, 0.15) is 9.10 Å². The van der Waals surface area contributed by atoms with Crippen LogP contribution in [0, 0.1) is 0 Å². The molecule has 0 bridgehead atoms. The summed E-state index contributed by atoms with van der Waals surface area (Å²) < 4.78 is 54.9. The molecule has 132 valence electrons. The lowest BCUT2D eigenvalue weighted by Crippen LogP contribution is -2.37. The van der Waals surface area contributed by atoms with E-state index in [1.807, 2.05) is 0 Å². The number of hydrogen-bond donors (Lipinski definition) is 0. The van der Waals surface area contributed by atoms with Crippen molar-refractivity contribution in [2.75, 3.05) is 26.2 Å². The van der Waals surface area contributed by atoms with Crippen LogP contribution in [-0.4, -0.2) is 61.4 Å². The van der Waals surface area contributed by atoms with Crippen LogP contribution in [0.25, 0.3) is 0 Å². The first-order chi connectivity index (χ1) is 11.3. The lowest BCUT2D eigenvalue weighted by molar-refractivity contribution is 0.405. The molecule has 11 heteroatoms. The van der Waals surface area contributed by atoms with Crippen molar-refractivity contribution in [1.29, 1.82) is 0 Å². The zero-order valence-electron chi connectivity index (χ0n) is 13.1. The van der Waals surface area contributed by atoms with Crippen molar-refractivity contribution in [3.8, 4) is 0 Å². The molecule has 0 atom stereocenters. The lowest BCUT2D eigenvalue weighted by atomic mass is 10.4. The molecule has 24 heavy (non-hydrogen) atoms. The van der Waals surface area contributed by atoms with E-state index in [-0.39, 0.29) is 28.7 Å². The Bertz CT molecular complexity index is 903. The summed E-state index contributed by atoms with van der Waals surface area (Å²) in [7, 11) is -5.56. The van der Waals surface area contributed by atoms with Gasteiger partial charge in [-0.05, 0) is 17.9 Å². The Kier molecular flexibility index (Phi) is 4.80. The van der Waals surface area contributed by atoms with E-state index in [0.29, 0.717) is 13.0 Å². The van der Waals surface area contributed by atoms with E-state index in [2.05, 4.69) is 5.10 Å². The fraction of sp³-hybridized carbons (Fsp3) is 0.462. The molecule has 0 aliphatic carbocycles. The Morgan fingerprint density at radius 3 is 2.25 bits per heavy atom. The topological polar surface area (TPSA) is 92.6 Å². The summed E-state index contributed by atoms with van der Waals surface area (Å²) in [5.41, 5.74) is 0. The van der Waals surface area contributed by atoms with Crippen LogP contribution in [0.2, 0.25) is 0 Å². The van der Waals surface area contributed by atoms with E-state index in [0.717, 1.165) is 11.3 Å². The Labute approximate surface area is 145 Å². The highest BCUT2D eigenvalue weighted by Crippen LogP contribution is 2.23. The van der Waals surface area contributed by atoms with E-state index < -0.39 is 20.0 Å². The first-order valence-electron chi connectivity index (χ1n) is 7.34. The normalized spacial score (nSPS) is 18.5. The molecule has 0 N–H and O–H groups in total. The Morgan fingerprint density at radius 2 is 1.71 bits per heavy atom. The van der Waals surface area contributed by atoms with Gasteiger partial charge in [0.25, 0.3) is 10.0 Å². The predicted molar refractivity (Wildman–Crippen MR) is 89.7 cm³/mol. The number of sulfonamides is 2. The second-order valence-electron chi connectivity index (χ2n) is 5.44. The smallest absolute Gasteiger partial charge is 0.252 e. The summed E-state index contributed by atoms with van der Waals surface area (Å²) in [5.74, 6) is 0. The van der Waals surface area contributed by atoms with Gasteiger partial charge in [-0.15, -0.1) is 11.3 Å². The number of aryl methyl sites for hydroxylation is 1. The van der Waals surface area contributed by atoms with E-state index >= 15 is 0 Å². The van der Waals surface area contributed by atoms with Crippen molar-refractivity contribution in [2.45, 2.75) is 15.5 Å². The fourth-order valence-electron chi connectivity index (χ4n) is 2.57. The first kappa shape index (κ1) is 17.5. The Hall–Kier alpha value is -1.27. The minimum atomic E-state index is -3.66. The van der Waals surface area contributed by atoms with E-state index in [1.165, 1.54) is 25.7 Å². The summed E-state index contributed by atoms with van der Waals surface area (Å²) >= 11 is 1.16. The SMILES string of the molecule is Cn1cc(S(=O)(=O)N2CCCN(S(=O)(=O)c3cccs3)CC2)cn1. The van der Waals surface area contributed by atoms with Gasteiger partial charge in [0.15, 0.2) is 0 Å². The summed E-state index contributed by atoms with van der Waals surface area (Å²) in [6, 6.07) is 3.25. The highest BCUT2D eigenvalue weighted by Gasteiger charge is 2.32. The summed E-state index contributed by atoms with van der Waals surface area (Å²) in [6.45, 7) is 0.856. The van der Waals surface area contributed by atoms with Crippen molar-refractivity contribution in [1.82, 2.24) is 18.4 Å². The minimum absolute atomic E-state index is 0.125. The van der Waals surface area contributed by atoms with Crippen LogP contribution in [0.3, 0.4) is 0 Å². The largest absolute Gasteiger partial charge is 0.274 e. The molecule has 8 nitrogen and oxygen atoms in total. The molecule has 1 aliphatic rings. The minimum Gasteiger partial charge on any atom is -0.274 e. The molecule has 0 amide bonds. The maximum atomic E-state index is 12.6. The standard InChI is InChI=1S/C13H18N4O4S3/c1-15-11-12(10-14-15)23(18,19)16-5-3-6-17(8-7-16)24(20,21)13-4-2-9-22-13/h2,4,9-11H,3,5-8H2,1H3. The number of nitrogens with zero attached hydrogens (tertiary/aromatic N) is 4. The second-order valence-corrected chi connectivity index (χ2v) is 10.5. The van der Waals surface area contributed by atoms with Gasteiger partial charge in [-0.2, -0.15) is 13.7 Å². The zero-order valence-corrected chi connectivity index (χ0v) is 15.5. The molecule has 3 rings (SSSR count). The highest BCUT2D eigenvalue weighted by atomic mass is 32.2. The Morgan fingerprint density at radius 1 is 1.04 bits per heavy atom. The van der Waals surface area contributed by atoms with E-state index in [9.17, 15) is 16.8 Å². The average molecular weight is 391 g/mol. The average Bonchev–Trinajstić information content (AvgIpc) is 3.14. The zero-order chi connectivity index (χ0) is 17.4. The monoisotopic (exact) mass is 390 g/mol. The molecule has 1 fully saturated rings. The number of thiophene rings is 1. The Balaban J connectivity index is 1.78. The molecule has 0 radical (unpaired) electrons. The molecule has 2 aromatic rings. The molecule has 0 aromatic carbocycles. The van der Waals surface area contributed by atoms with Gasteiger partial charge >= 0.3 is 0 Å². The van der Waals surface area contributed by atoms with Gasteiger partial charge in [-0.25, -0.2) is 16.8 Å². The van der Waals surface area contributed by atoms with Gasteiger partial charge in [-0.1, -0.05) is 6.07 Å². The molecule has 0 spiro atoms. The van der Waals surface area contributed by atoms with Gasteiger partial charge < -0.3 is 0 Å². The van der Waals surface area contributed by atoms with Crippen LogP contribution in [-0.2, 0) is 27.1 Å². The van der Waals surface area contributed by atoms with Crippen molar-refractivity contribution < 1.29 is 16.8 Å². The lowest BCUT2D eigenvalue weighted by Gasteiger charge is -2.20. The van der Waals surface area contributed by atoms with Crippen LogP contribution >= 0.6 is 11.3 Å².